The number of carboxylic acids is 1. The quantitative estimate of drug-likeness (QED) is 0.882. The van der Waals surface area contributed by atoms with Crippen LogP contribution in [0.5, 0.6) is 0 Å². The monoisotopic (exact) mass is 355 g/mol. The Balaban J connectivity index is 2.45. The largest absolute Gasteiger partial charge is 0.478 e. The molecule has 104 valence electrons. The highest BCUT2D eigenvalue weighted by Crippen LogP contribution is 2.27. The molecule has 0 amide bonds. The second-order valence-electron chi connectivity index (χ2n) is 3.89. The molecule has 0 aliphatic carbocycles. The minimum absolute atomic E-state index is 0.0240. The number of halogens is 1. The van der Waals surface area contributed by atoms with Gasteiger partial charge in [0.05, 0.1) is 10.0 Å². The van der Waals surface area contributed by atoms with Gasteiger partial charge in [-0.25, -0.2) is 13.2 Å². The lowest BCUT2D eigenvalue weighted by Gasteiger charge is -2.10. The van der Waals surface area contributed by atoms with Crippen molar-refractivity contribution < 1.29 is 18.3 Å². The number of anilines is 1. The molecule has 2 N–H and O–H groups in total. The van der Waals surface area contributed by atoms with Gasteiger partial charge < -0.3 is 5.11 Å². The Morgan fingerprint density at radius 3 is 2.30 bits per heavy atom. The third-order valence-electron chi connectivity index (χ3n) is 2.51. The van der Waals surface area contributed by atoms with E-state index < -0.39 is 16.0 Å². The van der Waals surface area contributed by atoms with Crippen LogP contribution in [0.4, 0.5) is 5.69 Å². The summed E-state index contributed by atoms with van der Waals surface area (Å²) in [7, 11) is -3.86. The van der Waals surface area contributed by atoms with Crippen molar-refractivity contribution in [1.29, 1.82) is 0 Å². The average molecular weight is 356 g/mol. The molecule has 0 aromatic heterocycles. The Morgan fingerprint density at radius 1 is 1.05 bits per heavy atom. The summed E-state index contributed by atoms with van der Waals surface area (Å²) in [5.74, 6) is -1.20. The number of rotatable bonds is 4. The Hall–Kier alpha value is -1.86. The van der Waals surface area contributed by atoms with Crippen LogP contribution in [-0.4, -0.2) is 19.5 Å². The van der Waals surface area contributed by atoms with Crippen molar-refractivity contribution in [2.45, 2.75) is 4.90 Å². The van der Waals surface area contributed by atoms with Crippen molar-refractivity contribution in [3.63, 3.8) is 0 Å². The number of carbonyl (C=O) groups is 1. The van der Waals surface area contributed by atoms with Crippen LogP contribution < -0.4 is 4.72 Å². The SMILES string of the molecule is O=C(O)c1cccc(S(=O)(=O)Nc2ccccc2)c1Br. The number of aromatic carboxylic acids is 1. The molecule has 0 saturated heterocycles. The van der Waals surface area contributed by atoms with Gasteiger partial charge in [0, 0.05) is 5.69 Å². The van der Waals surface area contributed by atoms with Crippen molar-refractivity contribution in [1.82, 2.24) is 0 Å². The number of hydrogen-bond acceptors (Lipinski definition) is 3. The number of hydrogen-bond donors (Lipinski definition) is 2. The number of para-hydroxylation sites is 1. The first-order valence-electron chi connectivity index (χ1n) is 5.51. The van der Waals surface area contributed by atoms with Crippen molar-refractivity contribution in [3.05, 3.63) is 58.6 Å². The van der Waals surface area contributed by atoms with Gasteiger partial charge in [0.25, 0.3) is 10.0 Å². The molecule has 2 rings (SSSR count). The number of nitrogens with one attached hydrogen (secondary N) is 1. The Bertz CT molecular complexity index is 744. The number of carboxylic acid groups (broad SMARTS) is 1. The first-order chi connectivity index (χ1) is 9.42. The summed E-state index contributed by atoms with van der Waals surface area (Å²) in [6, 6.07) is 12.4. The van der Waals surface area contributed by atoms with E-state index >= 15 is 0 Å². The molecule has 0 saturated carbocycles. The van der Waals surface area contributed by atoms with Crippen LogP contribution in [0.3, 0.4) is 0 Å². The first-order valence-corrected chi connectivity index (χ1v) is 7.79. The van der Waals surface area contributed by atoms with Crippen LogP contribution in [0.25, 0.3) is 0 Å². The van der Waals surface area contributed by atoms with Gasteiger partial charge in [-0.05, 0) is 40.2 Å². The predicted octanol–water partition coefficient (Wildman–Crippen LogP) is 2.95. The minimum Gasteiger partial charge on any atom is -0.478 e. The average Bonchev–Trinajstić information content (AvgIpc) is 2.39. The van der Waals surface area contributed by atoms with Gasteiger partial charge in [0.15, 0.2) is 0 Å². The van der Waals surface area contributed by atoms with Crippen molar-refractivity contribution in [2.75, 3.05) is 4.72 Å². The van der Waals surface area contributed by atoms with Crippen LogP contribution in [0.15, 0.2) is 57.9 Å². The second kappa shape index (κ2) is 5.64. The lowest BCUT2D eigenvalue weighted by molar-refractivity contribution is 0.0695. The van der Waals surface area contributed by atoms with E-state index in [0.717, 1.165) is 0 Å². The number of benzene rings is 2. The van der Waals surface area contributed by atoms with E-state index in [4.69, 9.17) is 5.11 Å². The maximum atomic E-state index is 12.3. The fourth-order valence-corrected chi connectivity index (χ4v) is 3.83. The topological polar surface area (TPSA) is 83.5 Å². The zero-order valence-corrected chi connectivity index (χ0v) is 12.5. The zero-order valence-electron chi connectivity index (χ0n) is 10.1. The molecule has 7 heteroatoms. The van der Waals surface area contributed by atoms with Crippen molar-refractivity contribution in [2.24, 2.45) is 0 Å². The van der Waals surface area contributed by atoms with Gasteiger partial charge in [0.2, 0.25) is 0 Å². The van der Waals surface area contributed by atoms with Gasteiger partial charge in [-0.2, -0.15) is 0 Å². The summed E-state index contributed by atoms with van der Waals surface area (Å²) < 4.78 is 26.9. The second-order valence-corrected chi connectivity index (χ2v) is 6.34. The van der Waals surface area contributed by atoms with Gasteiger partial charge >= 0.3 is 5.97 Å². The summed E-state index contributed by atoms with van der Waals surface area (Å²) in [4.78, 5) is 10.9. The molecule has 2 aromatic rings. The van der Waals surface area contributed by atoms with E-state index in [2.05, 4.69) is 20.7 Å². The zero-order chi connectivity index (χ0) is 14.8. The Kier molecular flexibility index (Phi) is 4.10. The Morgan fingerprint density at radius 2 is 1.70 bits per heavy atom. The van der Waals surface area contributed by atoms with Crippen LogP contribution in [0, 0.1) is 0 Å². The number of sulfonamides is 1. The molecule has 0 bridgehead atoms. The molecule has 0 aliphatic heterocycles. The molecular formula is C13H10BrNO4S. The maximum Gasteiger partial charge on any atom is 0.336 e. The third kappa shape index (κ3) is 3.00. The molecule has 0 spiro atoms. The molecule has 5 nitrogen and oxygen atoms in total. The Labute approximate surface area is 124 Å². The van der Waals surface area contributed by atoms with E-state index in [1.54, 1.807) is 30.3 Å². The smallest absolute Gasteiger partial charge is 0.336 e. The molecule has 0 heterocycles. The van der Waals surface area contributed by atoms with Crippen LogP contribution in [-0.2, 0) is 10.0 Å². The van der Waals surface area contributed by atoms with Crippen LogP contribution >= 0.6 is 15.9 Å². The van der Waals surface area contributed by atoms with Crippen LogP contribution in [0.1, 0.15) is 10.4 Å². The van der Waals surface area contributed by atoms with Crippen molar-refractivity contribution >= 4 is 37.6 Å². The van der Waals surface area contributed by atoms with Gasteiger partial charge in [-0.15, -0.1) is 0 Å². The summed E-state index contributed by atoms with van der Waals surface area (Å²) in [5.41, 5.74) is 0.293. The highest BCUT2D eigenvalue weighted by molar-refractivity contribution is 9.10. The third-order valence-corrected chi connectivity index (χ3v) is 5.05. The summed E-state index contributed by atoms with van der Waals surface area (Å²) in [5, 5.41) is 9.00. The summed E-state index contributed by atoms with van der Waals surface area (Å²) >= 11 is 3.03. The van der Waals surface area contributed by atoms with E-state index in [9.17, 15) is 13.2 Å². The molecule has 0 aliphatic rings. The molecule has 0 atom stereocenters. The highest BCUT2D eigenvalue weighted by Gasteiger charge is 2.21. The molecule has 0 fully saturated rings. The normalized spacial score (nSPS) is 11.1. The van der Waals surface area contributed by atoms with E-state index in [1.165, 1.54) is 18.2 Å². The standard InChI is InChI=1S/C13H10BrNO4S/c14-12-10(13(16)17)7-4-8-11(12)20(18,19)15-9-5-2-1-3-6-9/h1-8,15H,(H,16,17). The molecule has 0 unspecified atom stereocenters. The summed E-state index contributed by atoms with van der Waals surface area (Å²) in [6.45, 7) is 0. The fraction of sp³-hybridized carbons (Fsp3) is 0. The van der Waals surface area contributed by atoms with Gasteiger partial charge in [-0.1, -0.05) is 24.3 Å². The molecular weight excluding hydrogens is 346 g/mol. The van der Waals surface area contributed by atoms with Gasteiger partial charge in [0.1, 0.15) is 4.90 Å². The van der Waals surface area contributed by atoms with Crippen LogP contribution in [0.2, 0.25) is 0 Å². The van der Waals surface area contributed by atoms with Crippen molar-refractivity contribution in [3.8, 4) is 0 Å². The lowest BCUT2D eigenvalue weighted by Crippen LogP contribution is -2.14. The molecule has 20 heavy (non-hydrogen) atoms. The first kappa shape index (κ1) is 14.5. The lowest BCUT2D eigenvalue weighted by atomic mass is 10.2. The van der Waals surface area contributed by atoms with Gasteiger partial charge in [-0.3, -0.25) is 4.72 Å². The predicted molar refractivity (Wildman–Crippen MR) is 78.4 cm³/mol. The maximum absolute atomic E-state index is 12.3. The van der Waals surface area contributed by atoms with E-state index in [1.807, 2.05) is 0 Å². The highest BCUT2D eigenvalue weighted by atomic mass is 79.9. The summed E-state index contributed by atoms with van der Waals surface area (Å²) in [6.07, 6.45) is 0. The van der Waals surface area contributed by atoms with E-state index in [0.29, 0.717) is 5.69 Å². The fourth-order valence-electron chi connectivity index (χ4n) is 1.60. The molecule has 2 aromatic carbocycles. The molecule has 0 radical (unpaired) electrons. The van der Waals surface area contributed by atoms with E-state index in [-0.39, 0.29) is 14.9 Å². The minimum atomic E-state index is -3.86.